The molecule has 0 fully saturated rings. The predicted octanol–water partition coefficient (Wildman–Crippen LogP) is 3.98. The van der Waals surface area contributed by atoms with Crippen molar-refractivity contribution in [3.8, 4) is 5.75 Å². The minimum absolute atomic E-state index is 0.0651. The number of hydrogen-bond acceptors (Lipinski definition) is 3. The quantitative estimate of drug-likeness (QED) is 0.487. The molecule has 0 N–H and O–H groups in total. The van der Waals surface area contributed by atoms with Gasteiger partial charge in [0.25, 0.3) is 0 Å². The zero-order chi connectivity index (χ0) is 16.9. The summed E-state index contributed by atoms with van der Waals surface area (Å²) in [6.45, 7) is 4.14. The molecular weight excluding hydrogens is 302 g/mol. The molecule has 0 aliphatic rings. The van der Waals surface area contributed by atoms with E-state index < -0.39 is 0 Å². The number of ether oxygens (including phenoxy) is 2. The molecule has 3 rings (SSSR count). The molecule has 0 saturated carbocycles. The second-order valence-electron chi connectivity index (χ2n) is 5.81. The highest BCUT2D eigenvalue weighted by atomic mass is 16.5. The summed E-state index contributed by atoms with van der Waals surface area (Å²) in [5, 5.41) is 1.47. The van der Waals surface area contributed by atoms with Crippen LogP contribution in [-0.2, 0) is 11.3 Å². The molecule has 4 nitrogen and oxygen atoms in total. The second-order valence-corrected chi connectivity index (χ2v) is 5.81. The lowest BCUT2D eigenvalue weighted by molar-refractivity contribution is 0.191. The van der Waals surface area contributed by atoms with Crippen molar-refractivity contribution in [2.45, 2.75) is 26.3 Å². The monoisotopic (exact) mass is 325 g/mol. The van der Waals surface area contributed by atoms with Crippen LogP contribution in [-0.4, -0.2) is 24.9 Å². The van der Waals surface area contributed by atoms with E-state index in [0.29, 0.717) is 12.0 Å². The van der Waals surface area contributed by atoms with Gasteiger partial charge in [0, 0.05) is 31.0 Å². The number of nitrogens with zero attached hydrogens (tertiary/aromatic N) is 1. The minimum atomic E-state index is 0.0651. The molecule has 0 amide bonds. The van der Waals surface area contributed by atoms with E-state index in [-0.39, 0.29) is 5.43 Å². The molecule has 1 heterocycles. The summed E-state index contributed by atoms with van der Waals surface area (Å²) in [5.74, 6) is 0.739. The number of rotatable bonds is 7. The average molecular weight is 325 g/mol. The summed E-state index contributed by atoms with van der Waals surface area (Å²) in [7, 11) is 1.72. The molecule has 0 unspecified atom stereocenters. The Morgan fingerprint density at radius 2 is 1.79 bits per heavy atom. The van der Waals surface area contributed by atoms with Crippen molar-refractivity contribution >= 4 is 21.8 Å². The van der Waals surface area contributed by atoms with Crippen molar-refractivity contribution in [1.82, 2.24) is 4.57 Å². The third-order valence-electron chi connectivity index (χ3n) is 4.23. The summed E-state index contributed by atoms with van der Waals surface area (Å²) in [4.78, 5) is 12.9. The number of unbranched alkanes of at least 4 members (excludes halogenated alkanes) is 1. The van der Waals surface area contributed by atoms with Gasteiger partial charge < -0.3 is 14.0 Å². The van der Waals surface area contributed by atoms with Gasteiger partial charge in [0.2, 0.25) is 0 Å². The number of pyridine rings is 1. The van der Waals surface area contributed by atoms with E-state index in [0.717, 1.165) is 48.2 Å². The Bertz CT molecular complexity index is 898. The van der Waals surface area contributed by atoms with Crippen LogP contribution in [0.4, 0.5) is 0 Å². The zero-order valence-corrected chi connectivity index (χ0v) is 14.2. The van der Waals surface area contributed by atoms with E-state index in [4.69, 9.17) is 9.47 Å². The molecule has 0 spiro atoms. The fraction of sp³-hybridized carbons (Fsp3) is 0.350. The first-order valence-corrected chi connectivity index (χ1v) is 8.43. The van der Waals surface area contributed by atoms with Crippen LogP contribution in [0.3, 0.4) is 0 Å². The Morgan fingerprint density at radius 1 is 1.00 bits per heavy atom. The van der Waals surface area contributed by atoms with E-state index in [1.165, 1.54) is 0 Å². The van der Waals surface area contributed by atoms with Gasteiger partial charge in [-0.1, -0.05) is 12.1 Å². The molecule has 0 saturated heterocycles. The highest BCUT2D eigenvalue weighted by Gasteiger charge is 2.11. The van der Waals surface area contributed by atoms with Crippen molar-refractivity contribution < 1.29 is 9.47 Å². The van der Waals surface area contributed by atoms with Gasteiger partial charge in [-0.2, -0.15) is 0 Å². The summed E-state index contributed by atoms with van der Waals surface area (Å²) >= 11 is 0. The van der Waals surface area contributed by atoms with E-state index in [1.807, 2.05) is 49.4 Å². The van der Waals surface area contributed by atoms with Gasteiger partial charge in [-0.15, -0.1) is 0 Å². The molecule has 0 atom stereocenters. The lowest BCUT2D eigenvalue weighted by atomic mass is 10.1. The summed E-state index contributed by atoms with van der Waals surface area (Å²) in [6, 6.07) is 13.6. The van der Waals surface area contributed by atoms with Crippen molar-refractivity contribution in [2.24, 2.45) is 0 Å². The predicted molar refractivity (Wildman–Crippen MR) is 98.0 cm³/mol. The number of benzene rings is 2. The van der Waals surface area contributed by atoms with Crippen LogP contribution in [0.15, 0.2) is 47.3 Å². The first kappa shape index (κ1) is 16.5. The van der Waals surface area contributed by atoms with Crippen molar-refractivity contribution in [1.29, 1.82) is 0 Å². The van der Waals surface area contributed by atoms with E-state index in [1.54, 1.807) is 7.11 Å². The lowest BCUT2D eigenvalue weighted by Crippen LogP contribution is -2.12. The molecule has 0 aliphatic carbocycles. The maximum atomic E-state index is 12.9. The Balaban J connectivity index is 2.17. The highest BCUT2D eigenvalue weighted by Crippen LogP contribution is 2.23. The molecule has 24 heavy (non-hydrogen) atoms. The topological polar surface area (TPSA) is 40.5 Å². The van der Waals surface area contributed by atoms with Crippen molar-refractivity contribution in [3.63, 3.8) is 0 Å². The van der Waals surface area contributed by atoms with Crippen LogP contribution >= 0.6 is 0 Å². The van der Waals surface area contributed by atoms with Crippen molar-refractivity contribution in [3.05, 3.63) is 52.7 Å². The van der Waals surface area contributed by atoms with Gasteiger partial charge in [-0.05, 0) is 50.1 Å². The normalized spacial score (nSPS) is 11.2. The highest BCUT2D eigenvalue weighted by molar-refractivity contribution is 5.94. The minimum Gasteiger partial charge on any atom is -0.494 e. The fourth-order valence-electron chi connectivity index (χ4n) is 3.12. The van der Waals surface area contributed by atoms with E-state index >= 15 is 0 Å². The molecule has 4 heteroatoms. The summed E-state index contributed by atoms with van der Waals surface area (Å²) in [6.07, 6.45) is 2.00. The van der Waals surface area contributed by atoms with E-state index in [9.17, 15) is 4.79 Å². The molecular formula is C20H23NO3. The van der Waals surface area contributed by atoms with E-state index in [2.05, 4.69) is 4.57 Å². The smallest absolute Gasteiger partial charge is 0.197 e. The SMILES string of the molecule is CCOc1ccc2c(c1)c(=O)c1ccccc1n2CCCCOC. The lowest BCUT2D eigenvalue weighted by Gasteiger charge is -2.16. The van der Waals surface area contributed by atoms with Gasteiger partial charge in [0.1, 0.15) is 5.75 Å². The first-order valence-electron chi connectivity index (χ1n) is 8.43. The molecule has 0 aliphatic heterocycles. The Labute approximate surface area is 141 Å². The Kier molecular flexibility index (Phi) is 5.16. The average Bonchev–Trinajstić information content (AvgIpc) is 2.61. The largest absolute Gasteiger partial charge is 0.494 e. The first-order chi connectivity index (χ1) is 11.8. The number of aryl methyl sites for hydroxylation is 1. The molecule has 0 bridgehead atoms. The molecule has 126 valence electrons. The molecule has 2 aromatic carbocycles. The maximum absolute atomic E-state index is 12.9. The third-order valence-corrected chi connectivity index (χ3v) is 4.23. The number of fused-ring (bicyclic) bond motifs is 2. The Morgan fingerprint density at radius 3 is 2.58 bits per heavy atom. The molecule has 0 radical (unpaired) electrons. The third kappa shape index (κ3) is 3.15. The molecule has 3 aromatic rings. The standard InChI is InChI=1S/C20H23NO3/c1-3-24-15-10-11-19-17(14-15)20(22)16-8-4-5-9-18(16)21(19)12-6-7-13-23-2/h4-5,8-11,14H,3,6-7,12-13H2,1-2H3. The molecule has 1 aromatic heterocycles. The number of para-hydroxylation sites is 1. The summed E-state index contributed by atoms with van der Waals surface area (Å²) < 4.78 is 12.9. The van der Waals surface area contributed by atoms with Crippen molar-refractivity contribution in [2.75, 3.05) is 20.3 Å². The van der Waals surface area contributed by atoms with Gasteiger partial charge in [0.15, 0.2) is 5.43 Å². The van der Waals surface area contributed by atoms with Gasteiger partial charge >= 0.3 is 0 Å². The fourth-order valence-corrected chi connectivity index (χ4v) is 3.12. The zero-order valence-electron chi connectivity index (χ0n) is 14.2. The van der Waals surface area contributed by atoms with Crippen LogP contribution in [0.5, 0.6) is 5.75 Å². The van der Waals surface area contributed by atoms with Gasteiger partial charge in [-0.3, -0.25) is 4.79 Å². The number of hydrogen-bond donors (Lipinski definition) is 0. The number of methoxy groups -OCH3 is 1. The van der Waals surface area contributed by atoms with Crippen LogP contribution in [0.25, 0.3) is 21.8 Å². The van der Waals surface area contributed by atoms with Crippen LogP contribution in [0.1, 0.15) is 19.8 Å². The Hall–Kier alpha value is -2.33. The van der Waals surface area contributed by atoms with Gasteiger partial charge in [0.05, 0.1) is 17.6 Å². The summed E-state index contributed by atoms with van der Waals surface area (Å²) in [5.41, 5.74) is 2.01. The number of aromatic nitrogens is 1. The van der Waals surface area contributed by atoms with Gasteiger partial charge in [-0.25, -0.2) is 0 Å². The maximum Gasteiger partial charge on any atom is 0.197 e. The second kappa shape index (κ2) is 7.49. The van der Waals surface area contributed by atoms with Crippen LogP contribution in [0, 0.1) is 0 Å². The van der Waals surface area contributed by atoms with Crippen LogP contribution in [0.2, 0.25) is 0 Å². The van der Waals surface area contributed by atoms with Crippen LogP contribution < -0.4 is 10.2 Å².